The van der Waals surface area contributed by atoms with E-state index in [9.17, 15) is 24.8 Å². The van der Waals surface area contributed by atoms with Gasteiger partial charge >= 0.3 is 6.09 Å². The Morgan fingerprint density at radius 2 is 1.97 bits per heavy atom. The second kappa shape index (κ2) is 8.51. The number of hydrogen-bond acceptors (Lipinski definition) is 5. The van der Waals surface area contributed by atoms with Gasteiger partial charge in [0.25, 0.3) is 11.6 Å². The number of nitro groups is 1. The Morgan fingerprint density at radius 1 is 1.24 bits per heavy atom. The number of nitro benzene ring substituents is 1. The number of piperidine rings is 1. The van der Waals surface area contributed by atoms with Gasteiger partial charge in [-0.2, -0.15) is 0 Å². The zero-order valence-electron chi connectivity index (χ0n) is 15.5. The number of carboxylic acid groups (broad SMARTS) is 1. The number of nitrogens with zero attached hydrogens (tertiary/aromatic N) is 3. The van der Waals surface area contributed by atoms with Gasteiger partial charge in [-0.3, -0.25) is 19.9 Å². The molecule has 1 aliphatic heterocycles. The second-order valence-electron chi connectivity index (χ2n) is 6.78. The van der Waals surface area contributed by atoms with E-state index in [1.165, 1.54) is 29.3 Å². The first-order valence-corrected chi connectivity index (χ1v) is 9.06. The maximum Gasteiger partial charge on any atom is 0.407 e. The van der Waals surface area contributed by atoms with Gasteiger partial charge in [-0.15, -0.1) is 0 Å². The molecule has 1 heterocycles. The molecule has 1 aliphatic rings. The molecular formula is C20H20N4O5. The predicted octanol–water partition coefficient (Wildman–Crippen LogP) is 3.30. The largest absolute Gasteiger partial charge is 0.465 e. The molecule has 9 nitrogen and oxygen atoms in total. The number of carbonyl (C=O) groups is 2. The minimum absolute atomic E-state index is 0.131. The Kier molecular flexibility index (Phi) is 5.87. The minimum atomic E-state index is -0.907. The molecule has 9 heteroatoms. The molecule has 3 N–H and O–H groups in total. The molecule has 1 fully saturated rings. The van der Waals surface area contributed by atoms with E-state index in [0.29, 0.717) is 18.8 Å². The van der Waals surface area contributed by atoms with Crippen LogP contribution in [0.15, 0.2) is 47.5 Å². The number of likely N-dealkylation sites (tertiary alicyclic amines) is 1. The molecule has 29 heavy (non-hydrogen) atoms. The number of carbonyl (C=O) groups excluding carboxylic acids is 1. The number of aliphatic imine (C=N–C) groups is 1. The zero-order chi connectivity index (χ0) is 21.0. The highest BCUT2D eigenvalue weighted by molar-refractivity contribution is 6.01. The highest BCUT2D eigenvalue weighted by Gasteiger charge is 2.24. The Labute approximate surface area is 166 Å². The van der Waals surface area contributed by atoms with Crippen molar-refractivity contribution in [1.82, 2.24) is 4.90 Å². The van der Waals surface area contributed by atoms with Crippen LogP contribution in [0.25, 0.3) is 0 Å². The maximum absolute atomic E-state index is 11.4. The quantitative estimate of drug-likeness (QED) is 0.453. The Hall–Kier alpha value is -3.75. The van der Waals surface area contributed by atoms with E-state index in [1.807, 2.05) is 12.1 Å². The lowest BCUT2D eigenvalue weighted by molar-refractivity contribution is -0.385. The molecule has 3 rings (SSSR count). The monoisotopic (exact) mass is 396 g/mol. The molecule has 150 valence electrons. The maximum atomic E-state index is 11.4. The average Bonchev–Trinajstić information content (AvgIpc) is 2.72. The third kappa shape index (κ3) is 4.57. The van der Waals surface area contributed by atoms with Crippen LogP contribution in [0.2, 0.25) is 0 Å². The van der Waals surface area contributed by atoms with Crippen LogP contribution < -0.4 is 5.73 Å². The van der Waals surface area contributed by atoms with Gasteiger partial charge in [0.05, 0.1) is 16.2 Å². The SMILES string of the molecule is NC(=O)c1cccc(/C=N/c2ccc(C3CCCN(C(=O)O)C3)cc2)c1[N+](=O)[O-]. The van der Waals surface area contributed by atoms with Crippen LogP contribution in [0.5, 0.6) is 0 Å². The summed E-state index contributed by atoms with van der Waals surface area (Å²) < 4.78 is 0. The molecule has 1 atom stereocenters. The van der Waals surface area contributed by atoms with E-state index in [2.05, 4.69) is 4.99 Å². The Balaban J connectivity index is 1.79. The van der Waals surface area contributed by atoms with Crippen LogP contribution >= 0.6 is 0 Å². The van der Waals surface area contributed by atoms with E-state index in [-0.39, 0.29) is 22.7 Å². The van der Waals surface area contributed by atoms with Crippen molar-refractivity contribution in [3.05, 3.63) is 69.3 Å². The second-order valence-corrected chi connectivity index (χ2v) is 6.78. The predicted molar refractivity (Wildman–Crippen MR) is 107 cm³/mol. The van der Waals surface area contributed by atoms with Crippen molar-refractivity contribution in [2.24, 2.45) is 10.7 Å². The molecule has 2 aromatic carbocycles. The Bertz CT molecular complexity index is 971. The van der Waals surface area contributed by atoms with E-state index >= 15 is 0 Å². The fourth-order valence-corrected chi connectivity index (χ4v) is 3.47. The number of amides is 2. The molecule has 0 aromatic heterocycles. The molecule has 2 aromatic rings. The number of benzene rings is 2. The van der Waals surface area contributed by atoms with Crippen molar-refractivity contribution in [3.63, 3.8) is 0 Å². The molecule has 1 saturated heterocycles. The lowest BCUT2D eigenvalue weighted by Gasteiger charge is -2.31. The first-order chi connectivity index (χ1) is 13.9. The lowest BCUT2D eigenvalue weighted by Crippen LogP contribution is -2.38. The summed E-state index contributed by atoms with van der Waals surface area (Å²) in [6.07, 6.45) is 2.15. The summed E-state index contributed by atoms with van der Waals surface area (Å²) in [7, 11) is 0. The van der Waals surface area contributed by atoms with Crippen molar-refractivity contribution < 1.29 is 19.6 Å². The lowest BCUT2D eigenvalue weighted by atomic mass is 9.91. The first-order valence-electron chi connectivity index (χ1n) is 9.06. The van der Waals surface area contributed by atoms with Gasteiger partial charge in [0.15, 0.2) is 0 Å². The summed E-state index contributed by atoms with van der Waals surface area (Å²) in [4.78, 5) is 39.0. The van der Waals surface area contributed by atoms with Gasteiger partial charge in [0.2, 0.25) is 0 Å². The third-order valence-electron chi connectivity index (χ3n) is 4.92. The van der Waals surface area contributed by atoms with Crippen LogP contribution in [0.3, 0.4) is 0 Å². The van der Waals surface area contributed by atoms with Crippen molar-refractivity contribution >= 4 is 29.6 Å². The summed E-state index contributed by atoms with van der Waals surface area (Å²) in [5, 5.41) is 20.5. The van der Waals surface area contributed by atoms with E-state index in [1.54, 1.807) is 12.1 Å². The van der Waals surface area contributed by atoms with Gasteiger partial charge in [0.1, 0.15) is 5.56 Å². The van der Waals surface area contributed by atoms with Crippen LogP contribution in [-0.2, 0) is 0 Å². The number of primary amides is 1. The van der Waals surface area contributed by atoms with Gasteiger partial charge in [-0.1, -0.05) is 18.2 Å². The number of hydrogen-bond donors (Lipinski definition) is 2. The molecule has 1 unspecified atom stereocenters. The fourth-order valence-electron chi connectivity index (χ4n) is 3.47. The van der Waals surface area contributed by atoms with Crippen molar-refractivity contribution in [3.8, 4) is 0 Å². The van der Waals surface area contributed by atoms with Gasteiger partial charge in [-0.25, -0.2) is 4.79 Å². The normalized spacial score (nSPS) is 16.7. The van der Waals surface area contributed by atoms with Crippen LogP contribution in [0.4, 0.5) is 16.2 Å². The number of rotatable bonds is 5. The number of nitrogens with two attached hydrogens (primary N) is 1. The molecule has 0 spiro atoms. The summed E-state index contributed by atoms with van der Waals surface area (Å²) >= 11 is 0. The van der Waals surface area contributed by atoms with E-state index in [0.717, 1.165) is 18.4 Å². The zero-order valence-corrected chi connectivity index (χ0v) is 15.5. The highest BCUT2D eigenvalue weighted by Crippen LogP contribution is 2.29. The fraction of sp³-hybridized carbons (Fsp3) is 0.250. The van der Waals surface area contributed by atoms with Crippen LogP contribution in [0.1, 0.15) is 40.2 Å². The van der Waals surface area contributed by atoms with Crippen molar-refractivity contribution in [2.45, 2.75) is 18.8 Å². The molecule has 0 bridgehead atoms. The molecule has 0 saturated carbocycles. The Morgan fingerprint density at radius 3 is 2.59 bits per heavy atom. The highest BCUT2D eigenvalue weighted by atomic mass is 16.6. The van der Waals surface area contributed by atoms with Gasteiger partial charge in [-0.05, 0) is 42.7 Å². The summed E-state index contributed by atoms with van der Waals surface area (Å²) in [5.41, 5.74) is 6.45. The van der Waals surface area contributed by atoms with Crippen LogP contribution in [0, 0.1) is 10.1 Å². The van der Waals surface area contributed by atoms with Gasteiger partial charge in [0, 0.05) is 25.2 Å². The summed E-state index contributed by atoms with van der Waals surface area (Å²) in [5.74, 6) is -0.745. The van der Waals surface area contributed by atoms with E-state index < -0.39 is 16.9 Å². The summed E-state index contributed by atoms with van der Waals surface area (Å²) in [6.45, 7) is 1.02. The first kappa shape index (κ1) is 20.0. The summed E-state index contributed by atoms with van der Waals surface area (Å²) in [6, 6.07) is 11.6. The molecule has 0 aliphatic carbocycles. The third-order valence-corrected chi connectivity index (χ3v) is 4.92. The van der Waals surface area contributed by atoms with Crippen molar-refractivity contribution in [1.29, 1.82) is 0 Å². The molecule has 0 radical (unpaired) electrons. The van der Waals surface area contributed by atoms with Crippen LogP contribution in [-0.4, -0.2) is 46.2 Å². The standard InChI is InChI=1S/C20H20N4O5/c21-19(25)17-5-1-3-14(18(17)24(28)29)11-22-16-8-6-13(7-9-16)15-4-2-10-23(12-15)20(26)27/h1,3,5-9,11,15H,2,4,10,12H2,(H2,21,25)(H,26,27)/b22-11+. The van der Waals surface area contributed by atoms with Gasteiger partial charge < -0.3 is 15.7 Å². The topological polar surface area (TPSA) is 139 Å². The molecule has 2 amide bonds. The average molecular weight is 396 g/mol. The minimum Gasteiger partial charge on any atom is -0.465 e. The van der Waals surface area contributed by atoms with Crippen molar-refractivity contribution in [2.75, 3.05) is 13.1 Å². The molecular weight excluding hydrogens is 376 g/mol. The smallest absolute Gasteiger partial charge is 0.407 e. The van der Waals surface area contributed by atoms with E-state index in [4.69, 9.17) is 5.73 Å². The number of para-hydroxylation sites is 1.